The van der Waals surface area contributed by atoms with Crippen LogP contribution in [0, 0.1) is 10.8 Å². The fourth-order valence-corrected chi connectivity index (χ4v) is 7.05. The summed E-state index contributed by atoms with van der Waals surface area (Å²) in [5.41, 5.74) is 4.38. The number of benzene rings is 2. The molecule has 0 radical (unpaired) electrons. The lowest BCUT2D eigenvalue weighted by Crippen LogP contribution is -2.76. The quantitative estimate of drug-likeness (QED) is 0.742. The highest BCUT2D eigenvalue weighted by molar-refractivity contribution is 5.83. The minimum absolute atomic E-state index is 0.102. The predicted molar refractivity (Wildman–Crippen MR) is 113 cm³/mol. The number of hydrogen-bond acceptors (Lipinski definition) is 2. The Kier molecular flexibility index (Phi) is 3.75. The van der Waals surface area contributed by atoms with Gasteiger partial charge in [-0.05, 0) is 48.3 Å². The molecule has 2 heterocycles. The minimum atomic E-state index is -0.258. The summed E-state index contributed by atoms with van der Waals surface area (Å²) in [6.45, 7) is 9.94. The molecule has 2 aromatic rings. The highest BCUT2D eigenvalue weighted by atomic mass is 16.1. The lowest BCUT2D eigenvalue weighted by Gasteiger charge is -2.72. The molecule has 146 valence electrons. The molecular weight excluding hydrogens is 342 g/mol. The van der Waals surface area contributed by atoms with Crippen LogP contribution in [0.25, 0.3) is 0 Å². The van der Waals surface area contributed by atoms with E-state index >= 15 is 0 Å². The summed E-state index contributed by atoms with van der Waals surface area (Å²) in [7, 11) is 0. The maximum atomic E-state index is 12.9. The second-order valence-corrected chi connectivity index (χ2v) is 10.2. The first-order valence-electron chi connectivity index (χ1n) is 10.7. The smallest absolute Gasteiger partial charge is 0.137 e. The summed E-state index contributed by atoms with van der Waals surface area (Å²) < 4.78 is 0. The predicted octanol–water partition coefficient (Wildman–Crippen LogP) is 5.15. The molecule has 2 aliphatic carbocycles. The van der Waals surface area contributed by atoms with Crippen LogP contribution in [-0.2, 0) is 23.2 Å². The van der Waals surface area contributed by atoms with Crippen molar-refractivity contribution in [3.05, 3.63) is 71.3 Å². The van der Waals surface area contributed by atoms with Crippen LogP contribution < -0.4 is 0 Å². The van der Waals surface area contributed by atoms with Crippen molar-refractivity contribution in [1.82, 2.24) is 4.90 Å². The van der Waals surface area contributed by atoms with E-state index in [1.165, 1.54) is 16.7 Å². The molecule has 0 amide bonds. The van der Waals surface area contributed by atoms with E-state index in [1.54, 1.807) is 0 Å². The average Bonchev–Trinajstić information content (AvgIpc) is 2.66. The third-order valence-electron chi connectivity index (χ3n) is 8.91. The second-order valence-electron chi connectivity index (χ2n) is 10.2. The molecule has 4 bridgehead atoms. The van der Waals surface area contributed by atoms with E-state index in [4.69, 9.17) is 0 Å². The van der Waals surface area contributed by atoms with E-state index in [1.807, 2.05) is 6.92 Å². The van der Waals surface area contributed by atoms with Gasteiger partial charge in [0.25, 0.3) is 0 Å². The molecule has 2 heteroatoms. The Labute approximate surface area is 169 Å². The van der Waals surface area contributed by atoms with Crippen molar-refractivity contribution in [2.75, 3.05) is 0 Å². The second kappa shape index (κ2) is 5.79. The molecule has 3 unspecified atom stereocenters. The highest BCUT2D eigenvalue weighted by Crippen LogP contribution is 2.68. The Balaban J connectivity index is 1.67. The van der Waals surface area contributed by atoms with E-state index in [2.05, 4.69) is 80.3 Å². The van der Waals surface area contributed by atoms with E-state index in [0.717, 1.165) is 25.8 Å². The molecule has 28 heavy (non-hydrogen) atoms. The SMILES string of the molecule is CC(=O)C1(C)C[C@@]2(C)C3Cc4ccccc4[C@@]2(C)CC1N3Cc1ccccc1. The van der Waals surface area contributed by atoms with Gasteiger partial charge >= 0.3 is 0 Å². The van der Waals surface area contributed by atoms with Crippen molar-refractivity contribution >= 4 is 5.78 Å². The van der Waals surface area contributed by atoms with Crippen LogP contribution in [0.15, 0.2) is 54.6 Å². The van der Waals surface area contributed by atoms with Crippen LogP contribution in [0.1, 0.15) is 57.2 Å². The van der Waals surface area contributed by atoms with Gasteiger partial charge in [-0.2, -0.15) is 0 Å². The maximum Gasteiger partial charge on any atom is 0.137 e. The van der Waals surface area contributed by atoms with Gasteiger partial charge in [-0.25, -0.2) is 0 Å². The van der Waals surface area contributed by atoms with E-state index < -0.39 is 0 Å². The van der Waals surface area contributed by atoms with Crippen molar-refractivity contribution in [3.63, 3.8) is 0 Å². The molecule has 4 aliphatic rings. The lowest BCUT2D eigenvalue weighted by atomic mass is 9.39. The number of piperidine rings is 2. The molecule has 0 N–H and O–H groups in total. The van der Waals surface area contributed by atoms with Gasteiger partial charge in [0.2, 0.25) is 0 Å². The first-order chi connectivity index (χ1) is 13.3. The molecule has 5 atom stereocenters. The number of rotatable bonds is 3. The average molecular weight is 374 g/mol. The first-order valence-corrected chi connectivity index (χ1v) is 10.7. The number of nitrogens with zero attached hydrogens (tertiary/aromatic N) is 1. The van der Waals surface area contributed by atoms with E-state index in [-0.39, 0.29) is 16.2 Å². The minimum Gasteiger partial charge on any atom is -0.299 e. The fourth-order valence-electron chi connectivity index (χ4n) is 7.05. The van der Waals surface area contributed by atoms with Gasteiger partial charge in [-0.1, -0.05) is 75.4 Å². The number of carbonyl (C=O) groups excluding carboxylic acids is 1. The number of ketones is 1. The van der Waals surface area contributed by atoms with Crippen LogP contribution in [0.5, 0.6) is 0 Å². The zero-order valence-corrected chi connectivity index (χ0v) is 17.5. The van der Waals surface area contributed by atoms with Gasteiger partial charge in [0.1, 0.15) is 5.78 Å². The number of carbonyl (C=O) groups is 1. The summed E-state index contributed by atoms with van der Waals surface area (Å²) in [5, 5.41) is 0. The zero-order chi connectivity index (χ0) is 19.7. The van der Waals surface area contributed by atoms with Gasteiger partial charge in [0.15, 0.2) is 0 Å². The highest BCUT2D eigenvalue weighted by Gasteiger charge is 2.69. The summed E-state index contributed by atoms with van der Waals surface area (Å²) in [6, 6.07) is 20.6. The molecule has 2 nitrogen and oxygen atoms in total. The number of hydrogen-bond donors (Lipinski definition) is 0. The van der Waals surface area contributed by atoms with Crippen molar-refractivity contribution in [1.29, 1.82) is 0 Å². The van der Waals surface area contributed by atoms with Gasteiger partial charge in [0.05, 0.1) is 0 Å². The van der Waals surface area contributed by atoms with Crippen LogP contribution in [0.3, 0.4) is 0 Å². The van der Waals surface area contributed by atoms with Crippen LogP contribution in [0.2, 0.25) is 0 Å². The van der Waals surface area contributed by atoms with Crippen LogP contribution in [-0.4, -0.2) is 22.8 Å². The van der Waals surface area contributed by atoms with Crippen molar-refractivity contribution in [2.24, 2.45) is 10.8 Å². The molecule has 1 saturated carbocycles. The standard InChI is InChI=1S/C26H31NO/c1-18(28)24(2)17-26(4)22-14-20-12-8-9-13-21(20)25(26,3)15-23(24)27(22)16-19-10-6-5-7-11-19/h5-13,22-23H,14-17H2,1-4H3/t22?,23?,24?,25-,26+/m1/s1. The Bertz CT molecular complexity index is 936. The Morgan fingerprint density at radius 2 is 1.68 bits per heavy atom. The largest absolute Gasteiger partial charge is 0.299 e. The van der Waals surface area contributed by atoms with E-state index in [0.29, 0.717) is 17.9 Å². The summed E-state index contributed by atoms with van der Waals surface area (Å²) in [6.07, 6.45) is 3.17. The van der Waals surface area contributed by atoms with Gasteiger partial charge < -0.3 is 0 Å². The third-order valence-corrected chi connectivity index (χ3v) is 8.91. The van der Waals surface area contributed by atoms with Crippen molar-refractivity contribution in [2.45, 2.75) is 71.0 Å². The molecule has 6 rings (SSSR count). The molecule has 0 aromatic heterocycles. The zero-order valence-electron chi connectivity index (χ0n) is 17.5. The maximum absolute atomic E-state index is 12.9. The topological polar surface area (TPSA) is 20.3 Å². The van der Waals surface area contributed by atoms with Crippen molar-refractivity contribution < 1.29 is 4.79 Å². The molecule has 2 aromatic carbocycles. The summed E-state index contributed by atoms with van der Waals surface area (Å²) >= 11 is 0. The Hall–Kier alpha value is -1.93. The number of fused-ring (bicyclic) bond motifs is 2. The lowest BCUT2D eigenvalue weighted by molar-refractivity contribution is -0.196. The molecular formula is C26H31NO. The Morgan fingerprint density at radius 1 is 1.00 bits per heavy atom. The summed E-state index contributed by atoms with van der Waals surface area (Å²) in [5.74, 6) is 0.358. The Morgan fingerprint density at radius 3 is 2.39 bits per heavy atom. The van der Waals surface area contributed by atoms with Gasteiger partial charge in [0, 0.05) is 29.5 Å². The molecule has 0 spiro atoms. The van der Waals surface area contributed by atoms with Crippen molar-refractivity contribution in [3.8, 4) is 0 Å². The van der Waals surface area contributed by atoms with Crippen LogP contribution >= 0.6 is 0 Å². The molecule has 2 saturated heterocycles. The summed E-state index contributed by atoms with van der Waals surface area (Å²) in [4.78, 5) is 15.6. The van der Waals surface area contributed by atoms with Gasteiger partial charge in [-0.15, -0.1) is 0 Å². The monoisotopic (exact) mass is 373 g/mol. The molecule has 3 fully saturated rings. The third kappa shape index (κ3) is 2.16. The first kappa shape index (κ1) is 18.1. The molecule has 2 aliphatic heterocycles. The fraction of sp³-hybridized carbons (Fsp3) is 0.500. The number of Topliss-reactive ketones (excluding diaryl/α,β-unsaturated/α-hetero) is 1. The van der Waals surface area contributed by atoms with Crippen LogP contribution in [0.4, 0.5) is 0 Å². The van der Waals surface area contributed by atoms with E-state index in [9.17, 15) is 4.79 Å². The normalized spacial score (nSPS) is 38.9. The van der Waals surface area contributed by atoms with Gasteiger partial charge in [-0.3, -0.25) is 9.69 Å².